The summed E-state index contributed by atoms with van der Waals surface area (Å²) in [6, 6.07) is 10.5. The van der Waals surface area contributed by atoms with E-state index in [9.17, 15) is 4.79 Å². The number of carboxylic acids is 1. The van der Waals surface area contributed by atoms with Crippen molar-refractivity contribution in [3.63, 3.8) is 0 Å². The van der Waals surface area contributed by atoms with E-state index in [0.29, 0.717) is 11.5 Å². The lowest BCUT2D eigenvalue weighted by atomic mass is 10.1. The number of carbonyl (C=O) groups is 1. The van der Waals surface area contributed by atoms with E-state index in [2.05, 4.69) is 0 Å². The first-order valence-electron chi connectivity index (χ1n) is 5.35. The molecule has 1 heterocycles. The van der Waals surface area contributed by atoms with Gasteiger partial charge in [-0.2, -0.15) is 0 Å². The van der Waals surface area contributed by atoms with Crippen molar-refractivity contribution in [3.8, 4) is 0 Å². The number of aromatic carboxylic acids is 1. The van der Waals surface area contributed by atoms with Gasteiger partial charge in [-0.3, -0.25) is 0 Å². The van der Waals surface area contributed by atoms with Crippen molar-refractivity contribution in [3.05, 3.63) is 59.4 Å². The van der Waals surface area contributed by atoms with Crippen LogP contribution >= 0.6 is 12.2 Å². The summed E-state index contributed by atoms with van der Waals surface area (Å²) in [5, 5.41) is 8.81. The highest BCUT2D eigenvalue weighted by atomic mass is 32.1. The second kappa shape index (κ2) is 5.01. The summed E-state index contributed by atoms with van der Waals surface area (Å²) in [6.45, 7) is 0.611. The van der Waals surface area contributed by atoms with E-state index in [1.54, 1.807) is 24.3 Å². The van der Waals surface area contributed by atoms with Crippen LogP contribution < -0.4 is 5.73 Å². The molecule has 4 nitrogen and oxygen atoms in total. The molecule has 0 spiro atoms. The van der Waals surface area contributed by atoms with E-state index in [1.165, 1.54) is 0 Å². The second-order valence-corrected chi connectivity index (χ2v) is 4.33. The predicted molar refractivity (Wildman–Crippen MR) is 72.8 cm³/mol. The average Bonchev–Trinajstić information content (AvgIpc) is 2.78. The Morgan fingerprint density at radius 2 is 1.94 bits per heavy atom. The Morgan fingerprint density at radius 1 is 1.28 bits per heavy atom. The number of rotatable bonds is 4. The zero-order chi connectivity index (χ0) is 13.1. The highest BCUT2D eigenvalue weighted by Crippen LogP contribution is 2.09. The molecule has 18 heavy (non-hydrogen) atoms. The molecule has 2 aromatic rings. The van der Waals surface area contributed by atoms with Crippen LogP contribution in [0.25, 0.3) is 0 Å². The number of thiocarbonyl (C=S) groups is 1. The molecule has 1 aromatic carbocycles. The molecule has 0 aliphatic rings. The van der Waals surface area contributed by atoms with Crippen LogP contribution in [0, 0.1) is 0 Å². The van der Waals surface area contributed by atoms with E-state index in [0.717, 1.165) is 11.3 Å². The summed E-state index contributed by atoms with van der Waals surface area (Å²) in [5.74, 6) is -0.925. The van der Waals surface area contributed by atoms with Crippen molar-refractivity contribution in [2.75, 3.05) is 0 Å². The third kappa shape index (κ3) is 2.57. The zero-order valence-corrected chi connectivity index (χ0v) is 10.4. The summed E-state index contributed by atoms with van der Waals surface area (Å²) in [6.07, 6.45) is 1.89. The minimum Gasteiger partial charge on any atom is -0.478 e. The van der Waals surface area contributed by atoms with E-state index in [1.807, 2.05) is 22.9 Å². The summed E-state index contributed by atoms with van der Waals surface area (Å²) in [7, 11) is 0. The summed E-state index contributed by atoms with van der Waals surface area (Å²) in [5.41, 5.74) is 7.68. The van der Waals surface area contributed by atoms with Crippen LogP contribution in [0.2, 0.25) is 0 Å². The van der Waals surface area contributed by atoms with Crippen molar-refractivity contribution < 1.29 is 9.90 Å². The second-order valence-electron chi connectivity index (χ2n) is 3.89. The van der Waals surface area contributed by atoms with E-state index >= 15 is 0 Å². The summed E-state index contributed by atoms with van der Waals surface area (Å²) < 4.78 is 1.93. The Labute approximate surface area is 110 Å². The molecule has 0 atom stereocenters. The fraction of sp³-hybridized carbons (Fsp3) is 0.0769. The van der Waals surface area contributed by atoms with Crippen LogP contribution in [0.3, 0.4) is 0 Å². The molecule has 0 fully saturated rings. The van der Waals surface area contributed by atoms with Crippen molar-refractivity contribution in [2.24, 2.45) is 5.73 Å². The first-order chi connectivity index (χ1) is 8.58. The predicted octanol–water partition coefficient (Wildman–Crippen LogP) is 1.87. The van der Waals surface area contributed by atoms with Crippen LogP contribution in [0.15, 0.2) is 42.6 Å². The van der Waals surface area contributed by atoms with Gasteiger partial charge in [-0.1, -0.05) is 24.4 Å². The van der Waals surface area contributed by atoms with Gasteiger partial charge in [-0.25, -0.2) is 4.79 Å². The zero-order valence-electron chi connectivity index (χ0n) is 9.54. The molecule has 0 saturated carbocycles. The molecule has 0 aliphatic heterocycles. The van der Waals surface area contributed by atoms with Gasteiger partial charge in [-0.15, -0.1) is 0 Å². The lowest BCUT2D eigenvalue weighted by Gasteiger charge is -2.08. The molecule has 3 N–H and O–H groups in total. The minimum absolute atomic E-state index is 0.279. The molecular formula is C13H12N2O2S. The van der Waals surface area contributed by atoms with Gasteiger partial charge in [0, 0.05) is 12.7 Å². The molecule has 0 unspecified atom stereocenters. The Bertz CT molecular complexity index is 587. The van der Waals surface area contributed by atoms with Crippen LogP contribution in [0.1, 0.15) is 21.6 Å². The molecule has 0 bridgehead atoms. The number of aromatic nitrogens is 1. The maximum absolute atomic E-state index is 10.7. The Kier molecular flexibility index (Phi) is 3.43. The summed E-state index contributed by atoms with van der Waals surface area (Å²) >= 11 is 4.95. The van der Waals surface area contributed by atoms with Gasteiger partial charge in [0.15, 0.2) is 0 Å². The van der Waals surface area contributed by atoms with Crippen molar-refractivity contribution in [1.82, 2.24) is 4.57 Å². The fourth-order valence-corrected chi connectivity index (χ4v) is 1.91. The molecule has 2 rings (SSSR count). The van der Waals surface area contributed by atoms with Gasteiger partial charge < -0.3 is 15.4 Å². The molecule has 0 amide bonds. The van der Waals surface area contributed by atoms with Crippen molar-refractivity contribution in [1.29, 1.82) is 0 Å². The molecular weight excluding hydrogens is 248 g/mol. The number of nitrogens with zero attached hydrogens (tertiary/aromatic N) is 1. The lowest BCUT2D eigenvalue weighted by molar-refractivity contribution is 0.0697. The van der Waals surface area contributed by atoms with Gasteiger partial charge >= 0.3 is 5.97 Å². The van der Waals surface area contributed by atoms with E-state index in [-0.39, 0.29) is 5.56 Å². The number of benzene rings is 1. The largest absolute Gasteiger partial charge is 0.478 e. The normalized spacial score (nSPS) is 10.2. The molecule has 0 aliphatic carbocycles. The quantitative estimate of drug-likeness (QED) is 0.823. The minimum atomic E-state index is -0.925. The number of nitrogens with two attached hydrogens (primary N) is 1. The van der Waals surface area contributed by atoms with Crippen LogP contribution in [-0.4, -0.2) is 20.6 Å². The number of hydrogen-bond acceptors (Lipinski definition) is 2. The van der Waals surface area contributed by atoms with Crippen molar-refractivity contribution >= 4 is 23.2 Å². The highest BCUT2D eigenvalue weighted by molar-refractivity contribution is 7.80. The Morgan fingerprint density at radius 3 is 2.50 bits per heavy atom. The van der Waals surface area contributed by atoms with Crippen LogP contribution in [-0.2, 0) is 6.54 Å². The average molecular weight is 260 g/mol. The fourth-order valence-electron chi connectivity index (χ4n) is 1.73. The van der Waals surface area contributed by atoms with Crippen LogP contribution in [0.5, 0.6) is 0 Å². The van der Waals surface area contributed by atoms with E-state index in [4.69, 9.17) is 23.1 Å². The number of carboxylic acid groups (broad SMARTS) is 1. The number of hydrogen-bond donors (Lipinski definition) is 2. The monoisotopic (exact) mass is 260 g/mol. The standard InChI is InChI=1S/C13H12N2O2S/c14-12(18)11-2-1-7-15(11)8-9-3-5-10(6-4-9)13(16)17/h1-7H,8H2,(H2,14,18)(H,16,17). The Balaban J connectivity index is 2.21. The van der Waals surface area contributed by atoms with E-state index < -0.39 is 5.97 Å². The molecule has 0 saturated heterocycles. The highest BCUT2D eigenvalue weighted by Gasteiger charge is 2.05. The van der Waals surface area contributed by atoms with Crippen molar-refractivity contribution in [2.45, 2.75) is 6.54 Å². The van der Waals surface area contributed by atoms with Crippen LogP contribution in [0.4, 0.5) is 0 Å². The molecule has 1 aromatic heterocycles. The van der Waals surface area contributed by atoms with Gasteiger partial charge in [0.2, 0.25) is 0 Å². The SMILES string of the molecule is NC(=S)c1cccn1Cc1ccc(C(=O)O)cc1. The van der Waals surface area contributed by atoms with Gasteiger partial charge in [0.05, 0.1) is 11.3 Å². The Hall–Kier alpha value is -2.14. The molecule has 5 heteroatoms. The van der Waals surface area contributed by atoms with Gasteiger partial charge in [0.1, 0.15) is 4.99 Å². The maximum atomic E-state index is 10.7. The molecule has 0 radical (unpaired) electrons. The first-order valence-corrected chi connectivity index (χ1v) is 5.76. The topological polar surface area (TPSA) is 68.2 Å². The third-order valence-corrected chi connectivity index (χ3v) is 2.84. The van der Waals surface area contributed by atoms with Gasteiger partial charge in [-0.05, 0) is 29.8 Å². The molecule has 92 valence electrons. The maximum Gasteiger partial charge on any atom is 0.335 e. The lowest BCUT2D eigenvalue weighted by Crippen LogP contribution is -2.15. The van der Waals surface area contributed by atoms with Gasteiger partial charge in [0.25, 0.3) is 0 Å². The smallest absolute Gasteiger partial charge is 0.335 e. The summed E-state index contributed by atoms with van der Waals surface area (Å²) in [4.78, 5) is 11.1. The third-order valence-electron chi connectivity index (χ3n) is 2.64. The first kappa shape index (κ1) is 12.3.